The summed E-state index contributed by atoms with van der Waals surface area (Å²) in [6.45, 7) is 0.779. The average molecular weight is 237 g/mol. The molecule has 1 aliphatic rings. The molecule has 1 nitrogen and oxygen atoms in total. The molecule has 1 heteroatoms. The largest absolute Gasteiger partial charge is 0.330 e. The van der Waals surface area contributed by atoms with Crippen LogP contribution < -0.4 is 5.73 Å². The maximum Gasteiger partial charge on any atom is 0.0158 e. The monoisotopic (exact) mass is 237 g/mol. The van der Waals surface area contributed by atoms with Gasteiger partial charge in [0, 0.05) is 5.92 Å². The quantitative estimate of drug-likeness (QED) is 0.864. The third-order valence-electron chi connectivity index (χ3n) is 4.18. The molecule has 92 valence electrons. The van der Waals surface area contributed by atoms with Gasteiger partial charge in [-0.1, -0.05) is 60.7 Å². The molecule has 0 radical (unpaired) electrons. The summed E-state index contributed by atoms with van der Waals surface area (Å²) in [5.74, 6) is 0.449. The average Bonchev–Trinajstić information content (AvgIpc) is 3.23. The Bertz CT molecular complexity index is 460. The molecule has 1 aliphatic carbocycles. The summed E-state index contributed by atoms with van der Waals surface area (Å²) in [6, 6.07) is 21.6. The van der Waals surface area contributed by atoms with Crippen molar-refractivity contribution in [1.82, 2.24) is 0 Å². The molecule has 0 atom stereocenters. The fourth-order valence-electron chi connectivity index (χ4n) is 2.96. The first-order valence-corrected chi connectivity index (χ1v) is 6.66. The molecule has 2 aromatic rings. The van der Waals surface area contributed by atoms with Crippen molar-refractivity contribution in [3.8, 4) is 0 Å². The van der Waals surface area contributed by atoms with Crippen molar-refractivity contribution in [2.45, 2.75) is 18.8 Å². The van der Waals surface area contributed by atoms with Crippen LogP contribution >= 0.6 is 0 Å². The lowest BCUT2D eigenvalue weighted by molar-refractivity contribution is 0.457. The summed E-state index contributed by atoms with van der Waals surface area (Å²) >= 11 is 0. The van der Waals surface area contributed by atoms with Crippen molar-refractivity contribution in [3.63, 3.8) is 0 Å². The third kappa shape index (κ3) is 1.95. The van der Waals surface area contributed by atoms with Crippen molar-refractivity contribution in [2.75, 3.05) is 6.54 Å². The SMILES string of the molecule is NCC1(C(c2ccccc2)c2ccccc2)CC1. The predicted molar refractivity (Wildman–Crippen MR) is 75.4 cm³/mol. The molecule has 0 aliphatic heterocycles. The highest BCUT2D eigenvalue weighted by Crippen LogP contribution is 2.57. The normalized spacial score (nSPS) is 16.8. The number of nitrogens with two attached hydrogens (primary N) is 1. The van der Waals surface area contributed by atoms with Gasteiger partial charge in [0.25, 0.3) is 0 Å². The van der Waals surface area contributed by atoms with Gasteiger partial charge in [0.15, 0.2) is 0 Å². The lowest BCUT2D eigenvalue weighted by Crippen LogP contribution is -2.24. The van der Waals surface area contributed by atoms with Crippen LogP contribution in [-0.2, 0) is 0 Å². The van der Waals surface area contributed by atoms with Gasteiger partial charge in [0.2, 0.25) is 0 Å². The minimum atomic E-state index is 0.294. The molecule has 0 saturated heterocycles. The van der Waals surface area contributed by atoms with E-state index in [2.05, 4.69) is 60.7 Å². The molecule has 0 spiro atoms. The van der Waals surface area contributed by atoms with E-state index < -0.39 is 0 Å². The van der Waals surface area contributed by atoms with E-state index >= 15 is 0 Å². The summed E-state index contributed by atoms with van der Waals surface area (Å²) < 4.78 is 0. The number of hydrogen-bond donors (Lipinski definition) is 1. The van der Waals surface area contributed by atoms with Gasteiger partial charge in [0.1, 0.15) is 0 Å². The molecule has 3 rings (SSSR count). The summed E-state index contributed by atoms with van der Waals surface area (Å²) in [7, 11) is 0. The molecule has 1 saturated carbocycles. The van der Waals surface area contributed by atoms with Gasteiger partial charge >= 0.3 is 0 Å². The summed E-state index contributed by atoms with van der Waals surface area (Å²) in [5, 5.41) is 0. The summed E-state index contributed by atoms with van der Waals surface area (Å²) in [6.07, 6.45) is 2.50. The van der Waals surface area contributed by atoms with Gasteiger partial charge in [-0.15, -0.1) is 0 Å². The van der Waals surface area contributed by atoms with Crippen LogP contribution in [0.15, 0.2) is 60.7 Å². The van der Waals surface area contributed by atoms with E-state index in [1.807, 2.05) is 0 Å². The Hall–Kier alpha value is -1.60. The zero-order valence-corrected chi connectivity index (χ0v) is 10.5. The van der Waals surface area contributed by atoms with E-state index in [1.165, 1.54) is 24.0 Å². The minimum absolute atomic E-state index is 0.294. The van der Waals surface area contributed by atoms with E-state index in [-0.39, 0.29) is 0 Å². The number of rotatable bonds is 4. The zero-order valence-electron chi connectivity index (χ0n) is 10.5. The molecule has 2 N–H and O–H groups in total. The second-order valence-corrected chi connectivity index (χ2v) is 5.32. The van der Waals surface area contributed by atoms with Gasteiger partial charge in [-0.25, -0.2) is 0 Å². The van der Waals surface area contributed by atoms with Gasteiger partial charge < -0.3 is 5.73 Å². The zero-order chi connectivity index (χ0) is 12.4. The molecule has 1 fully saturated rings. The van der Waals surface area contributed by atoms with Crippen molar-refractivity contribution >= 4 is 0 Å². The Balaban J connectivity index is 2.05. The summed E-state index contributed by atoms with van der Waals surface area (Å²) in [5.41, 5.74) is 9.13. The maximum absolute atomic E-state index is 6.04. The van der Waals surface area contributed by atoms with E-state index in [4.69, 9.17) is 5.73 Å². The van der Waals surface area contributed by atoms with Crippen LogP contribution in [-0.4, -0.2) is 6.54 Å². The minimum Gasteiger partial charge on any atom is -0.330 e. The van der Waals surface area contributed by atoms with Crippen molar-refractivity contribution < 1.29 is 0 Å². The second-order valence-electron chi connectivity index (χ2n) is 5.32. The summed E-state index contributed by atoms with van der Waals surface area (Å²) in [4.78, 5) is 0. The lowest BCUT2D eigenvalue weighted by atomic mass is 9.78. The van der Waals surface area contributed by atoms with Crippen molar-refractivity contribution in [3.05, 3.63) is 71.8 Å². The van der Waals surface area contributed by atoms with Crippen LogP contribution in [0.2, 0.25) is 0 Å². The molecule has 0 aromatic heterocycles. The van der Waals surface area contributed by atoms with E-state index in [0.29, 0.717) is 11.3 Å². The van der Waals surface area contributed by atoms with Crippen LogP contribution in [0.3, 0.4) is 0 Å². The second kappa shape index (κ2) is 4.58. The molecule has 0 amide bonds. The molecule has 0 heterocycles. The molecule has 2 aromatic carbocycles. The lowest BCUT2D eigenvalue weighted by Gasteiger charge is -2.27. The Morgan fingerprint density at radius 1 is 0.833 bits per heavy atom. The topological polar surface area (TPSA) is 26.0 Å². The van der Waals surface area contributed by atoms with Crippen molar-refractivity contribution in [1.29, 1.82) is 0 Å². The first-order valence-electron chi connectivity index (χ1n) is 6.66. The maximum atomic E-state index is 6.04. The van der Waals surface area contributed by atoms with Crippen LogP contribution in [0.5, 0.6) is 0 Å². The molecule has 0 unspecified atom stereocenters. The molecular formula is C17H19N. The smallest absolute Gasteiger partial charge is 0.0158 e. The molecule has 18 heavy (non-hydrogen) atoms. The fraction of sp³-hybridized carbons (Fsp3) is 0.294. The fourth-order valence-corrected chi connectivity index (χ4v) is 2.96. The van der Waals surface area contributed by atoms with Crippen LogP contribution in [0, 0.1) is 5.41 Å². The third-order valence-corrected chi connectivity index (χ3v) is 4.18. The first kappa shape index (κ1) is 11.5. The highest BCUT2D eigenvalue weighted by Gasteiger charge is 2.49. The Morgan fingerprint density at radius 3 is 1.61 bits per heavy atom. The van der Waals surface area contributed by atoms with Gasteiger partial charge in [0.05, 0.1) is 0 Å². The highest BCUT2D eigenvalue weighted by atomic mass is 14.7. The number of hydrogen-bond acceptors (Lipinski definition) is 1. The van der Waals surface area contributed by atoms with Crippen LogP contribution in [0.4, 0.5) is 0 Å². The molecular weight excluding hydrogens is 218 g/mol. The predicted octanol–water partition coefficient (Wildman–Crippen LogP) is 3.56. The van der Waals surface area contributed by atoms with E-state index in [0.717, 1.165) is 6.54 Å². The van der Waals surface area contributed by atoms with Gasteiger partial charge in [-0.2, -0.15) is 0 Å². The van der Waals surface area contributed by atoms with Crippen LogP contribution in [0.1, 0.15) is 29.9 Å². The highest BCUT2D eigenvalue weighted by molar-refractivity contribution is 5.37. The van der Waals surface area contributed by atoms with Crippen LogP contribution in [0.25, 0.3) is 0 Å². The Labute approximate surface area is 109 Å². The Kier molecular flexibility index (Phi) is 2.92. The number of benzene rings is 2. The van der Waals surface area contributed by atoms with E-state index in [9.17, 15) is 0 Å². The van der Waals surface area contributed by atoms with E-state index in [1.54, 1.807) is 0 Å². The standard InChI is InChI=1S/C17H19N/c18-13-17(11-12-17)16(14-7-3-1-4-8-14)15-9-5-2-6-10-15/h1-10,16H,11-13,18H2. The Morgan fingerprint density at radius 2 is 1.28 bits per heavy atom. The first-order chi connectivity index (χ1) is 8.86. The van der Waals surface area contributed by atoms with Crippen molar-refractivity contribution in [2.24, 2.45) is 11.1 Å². The van der Waals surface area contributed by atoms with Gasteiger partial charge in [-0.05, 0) is 35.9 Å². The van der Waals surface area contributed by atoms with Gasteiger partial charge in [-0.3, -0.25) is 0 Å². The molecule has 0 bridgehead atoms.